The number of rotatable bonds is 8. The molecule has 0 aliphatic heterocycles. The second-order valence-electron chi connectivity index (χ2n) is 4.20. The molecule has 1 rings (SSSR count). The van der Waals surface area contributed by atoms with Crippen molar-refractivity contribution in [3.63, 3.8) is 0 Å². The number of ether oxygens (including phenoxy) is 2. The van der Waals surface area contributed by atoms with E-state index in [0.717, 1.165) is 18.2 Å². The van der Waals surface area contributed by atoms with E-state index in [0.29, 0.717) is 6.08 Å². The van der Waals surface area contributed by atoms with Crippen molar-refractivity contribution in [2.45, 2.75) is 5.51 Å². The first-order chi connectivity index (χ1) is 11.1. The highest BCUT2D eigenvalue weighted by Crippen LogP contribution is 2.32. The Labute approximate surface area is 135 Å². The predicted molar refractivity (Wildman–Crippen MR) is 76.1 cm³/mol. The molecular weight excluding hydrogens is 357 g/mol. The smallest absolute Gasteiger partial charge is 0.491 e. The second kappa shape index (κ2) is 8.02. The van der Waals surface area contributed by atoms with Crippen LogP contribution in [0.1, 0.15) is 5.56 Å². The normalized spacial score (nSPS) is 12.3. The van der Waals surface area contributed by atoms with Crippen LogP contribution in [-0.4, -0.2) is 45.3 Å². The van der Waals surface area contributed by atoms with Crippen molar-refractivity contribution in [1.29, 1.82) is 0 Å². The Kier molecular flexibility index (Phi) is 6.60. The van der Waals surface area contributed by atoms with E-state index in [9.17, 15) is 26.4 Å². The van der Waals surface area contributed by atoms with Crippen LogP contribution in [0.3, 0.4) is 0 Å². The Morgan fingerprint density at radius 2 is 1.96 bits per heavy atom. The molecule has 0 aliphatic rings. The third-order valence-corrected chi connectivity index (χ3v) is 3.40. The van der Waals surface area contributed by atoms with Gasteiger partial charge >= 0.3 is 21.6 Å². The summed E-state index contributed by atoms with van der Waals surface area (Å²) in [6.45, 7) is 0.254. The zero-order valence-electron chi connectivity index (χ0n) is 12.2. The summed E-state index contributed by atoms with van der Waals surface area (Å²) in [5.74, 6) is -2.08. The monoisotopic (exact) mass is 370 g/mol. The zero-order chi connectivity index (χ0) is 18.4. The molecule has 0 unspecified atom stereocenters. The summed E-state index contributed by atoms with van der Waals surface area (Å²) in [6, 6.07) is 3.37. The first-order valence-electron chi connectivity index (χ1n) is 6.24. The van der Waals surface area contributed by atoms with Crippen LogP contribution in [0.5, 0.6) is 11.5 Å². The van der Waals surface area contributed by atoms with Gasteiger partial charge in [-0.25, -0.2) is 4.79 Å². The van der Waals surface area contributed by atoms with Crippen LogP contribution in [0.15, 0.2) is 24.3 Å². The van der Waals surface area contributed by atoms with Crippen LogP contribution in [0.4, 0.5) is 13.2 Å². The van der Waals surface area contributed by atoms with Crippen LogP contribution in [-0.2, 0) is 19.6 Å². The van der Waals surface area contributed by atoms with Crippen molar-refractivity contribution < 1.29 is 45.1 Å². The Balaban J connectivity index is 3.19. The fraction of sp³-hybridized carbons (Fsp3) is 0.308. The van der Waals surface area contributed by atoms with Gasteiger partial charge in [0.25, 0.3) is 0 Å². The number of benzene rings is 1. The highest BCUT2D eigenvalue weighted by atomic mass is 32.2. The molecule has 7 nitrogen and oxygen atoms in total. The van der Waals surface area contributed by atoms with E-state index >= 15 is 0 Å². The second-order valence-corrected chi connectivity index (χ2v) is 5.73. The van der Waals surface area contributed by atoms with Crippen LogP contribution < -0.4 is 8.92 Å². The highest BCUT2D eigenvalue weighted by molar-refractivity contribution is 7.88. The first kappa shape index (κ1) is 19.8. The van der Waals surface area contributed by atoms with Gasteiger partial charge < -0.3 is 18.8 Å². The van der Waals surface area contributed by atoms with Crippen molar-refractivity contribution in [1.82, 2.24) is 0 Å². The maximum absolute atomic E-state index is 12.4. The molecule has 0 spiro atoms. The zero-order valence-corrected chi connectivity index (χ0v) is 13.1. The average molecular weight is 370 g/mol. The molecular formula is C13H13F3O7S. The lowest BCUT2D eigenvalue weighted by Crippen LogP contribution is -2.28. The molecule has 0 aliphatic carbocycles. The standard InChI is InChI=1S/C13H13F3O7S/c1-21-6-7-22-10-4-2-9(3-5-12(17)18)11(8-10)23-24(19,20)13(14,15)16/h2-5,8H,6-7H2,1H3,(H,17,18)/b5-3+. The summed E-state index contributed by atoms with van der Waals surface area (Å²) in [5, 5.41) is 8.56. The topological polar surface area (TPSA) is 99.1 Å². The number of aliphatic carboxylic acids is 1. The van der Waals surface area contributed by atoms with E-state index in [2.05, 4.69) is 4.18 Å². The summed E-state index contributed by atoms with van der Waals surface area (Å²) < 4.78 is 73.5. The van der Waals surface area contributed by atoms with Crippen molar-refractivity contribution >= 4 is 22.2 Å². The summed E-state index contributed by atoms with van der Waals surface area (Å²) in [4.78, 5) is 10.5. The minimum atomic E-state index is -5.92. The molecule has 0 saturated heterocycles. The van der Waals surface area contributed by atoms with Gasteiger partial charge in [-0.3, -0.25) is 0 Å². The highest BCUT2D eigenvalue weighted by Gasteiger charge is 2.48. The lowest BCUT2D eigenvalue weighted by molar-refractivity contribution is -0.131. The summed E-state index contributed by atoms with van der Waals surface area (Å²) >= 11 is 0. The van der Waals surface area contributed by atoms with Crippen molar-refractivity contribution in [2.75, 3.05) is 20.3 Å². The minimum absolute atomic E-state index is 0.0203. The molecule has 24 heavy (non-hydrogen) atoms. The van der Waals surface area contributed by atoms with Crippen molar-refractivity contribution in [2.24, 2.45) is 0 Å². The number of hydrogen-bond acceptors (Lipinski definition) is 6. The number of hydrogen-bond donors (Lipinski definition) is 1. The lowest BCUT2D eigenvalue weighted by Gasteiger charge is -2.13. The van der Waals surface area contributed by atoms with Gasteiger partial charge in [0.15, 0.2) is 5.75 Å². The molecule has 0 saturated carbocycles. The van der Waals surface area contributed by atoms with E-state index in [1.54, 1.807) is 0 Å². The first-order valence-corrected chi connectivity index (χ1v) is 7.65. The molecule has 134 valence electrons. The third-order valence-electron chi connectivity index (χ3n) is 2.43. The van der Waals surface area contributed by atoms with E-state index in [1.807, 2.05) is 0 Å². The SMILES string of the molecule is COCCOc1ccc(/C=C/C(=O)O)c(OS(=O)(=O)C(F)(F)F)c1. The van der Waals surface area contributed by atoms with Gasteiger partial charge in [-0.15, -0.1) is 0 Å². The molecule has 11 heteroatoms. The summed E-state index contributed by atoms with van der Waals surface area (Å²) in [6.07, 6.45) is 1.51. The van der Waals surface area contributed by atoms with Gasteiger partial charge in [0.05, 0.1) is 6.61 Å². The van der Waals surface area contributed by atoms with Gasteiger partial charge in [-0.05, 0) is 18.2 Å². The van der Waals surface area contributed by atoms with Gasteiger partial charge in [0, 0.05) is 24.8 Å². The van der Waals surface area contributed by atoms with Gasteiger partial charge in [0.2, 0.25) is 0 Å². The van der Waals surface area contributed by atoms with Crippen molar-refractivity contribution in [3.8, 4) is 11.5 Å². The maximum atomic E-state index is 12.4. The van der Waals surface area contributed by atoms with Crippen LogP contribution in [0.2, 0.25) is 0 Å². The molecule has 1 N–H and O–H groups in total. The summed E-state index contributed by atoms with van der Waals surface area (Å²) in [7, 11) is -4.51. The van der Waals surface area contributed by atoms with Gasteiger partial charge in [0.1, 0.15) is 12.4 Å². The van der Waals surface area contributed by atoms with Crippen LogP contribution >= 0.6 is 0 Å². The van der Waals surface area contributed by atoms with E-state index < -0.39 is 27.3 Å². The molecule has 1 aromatic rings. The largest absolute Gasteiger partial charge is 0.534 e. The molecule has 0 amide bonds. The van der Waals surface area contributed by atoms with E-state index in [4.69, 9.17) is 14.6 Å². The molecule has 0 radical (unpaired) electrons. The quantitative estimate of drug-likeness (QED) is 0.323. The number of carboxylic acids is 1. The van der Waals surface area contributed by atoms with Gasteiger partial charge in [-0.2, -0.15) is 21.6 Å². The lowest BCUT2D eigenvalue weighted by atomic mass is 10.2. The van der Waals surface area contributed by atoms with E-state index in [-0.39, 0.29) is 24.5 Å². The number of methoxy groups -OCH3 is 1. The molecule has 0 aromatic heterocycles. The fourth-order valence-corrected chi connectivity index (χ4v) is 1.86. The molecule has 0 fully saturated rings. The van der Waals surface area contributed by atoms with Crippen LogP contribution in [0, 0.1) is 0 Å². The van der Waals surface area contributed by atoms with Crippen LogP contribution in [0.25, 0.3) is 6.08 Å². The Bertz CT molecular complexity index is 711. The minimum Gasteiger partial charge on any atom is -0.491 e. The molecule has 1 aromatic carbocycles. The Morgan fingerprint density at radius 1 is 1.29 bits per heavy atom. The predicted octanol–water partition coefficient (Wildman–Crippen LogP) is 2.04. The Morgan fingerprint density at radius 3 is 2.50 bits per heavy atom. The fourth-order valence-electron chi connectivity index (χ4n) is 1.38. The molecule has 0 heterocycles. The van der Waals surface area contributed by atoms with E-state index in [1.165, 1.54) is 13.2 Å². The number of carbonyl (C=O) groups is 1. The number of halogens is 3. The number of alkyl halides is 3. The summed E-state index contributed by atoms with van der Waals surface area (Å²) in [5.41, 5.74) is -5.82. The Hall–Kier alpha value is -2.27. The average Bonchev–Trinajstić information content (AvgIpc) is 2.45. The molecule has 0 bridgehead atoms. The third kappa shape index (κ3) is 5.74. The molecule has 0 atom stereocenters. The van der Waals surface area contributed by atoms with Gasteiger partial charge in [-0.1, -0.05) is 0 Å². The number of carboxylic acid groups (broad SMARTS) is 1. The van der Waals surface area contributed by atoms with Crippen molar-refractivity contribution in [3.05, 3.63) is 29.8 Å². The maximum Gasteiger partial charge on any atom is 0.534 e.